The number of halogens is 4. The molecule has 22 heavy (non-hydrogen) atoms. The van der Waals surface area contributed by atoms with Crippen LogP contribution in [0.1, 0.15) is 29.7 Å². The van der Waals surface area contributed by atoms with E-state index >= 15 is 0 Å². The third-order valence-electron chi connectivity index (χ3n) is 3.58. The standard InChI is InChI=1S/C15H13ClF3N3/c16-13-11-6-1-2-7-12(11)21-14(22-13)20-10-5-3-4-9(8-10)15(17,18)19/h3-5,8H,1-2,6-7H2,(H,20,21,22). The maximum absolute atomic E-state index is 12.7. The van der Waals surface area contributed by atoms with Gasteiger partial charge >= 0.3 is 6.18 Å². The Bertz CT molecular complexity index is 701. The third-order valence-corrected chi connectivity index (χ3v) is 3.89. The quantitative estimate of drug-likeness (QED) is 0.807. The molecule has 3 rings (SSSR count). The fourth-order valence-corrected chi connectivity index (χ4v) is 2.79. The van der Waals surface area contributed by atoms with E-state index in [0.717, 1.165) is 49.1 Å². The lowest BCUT2D eigenvalue weighted by atomic mass is 9.97. The second kappa shape index (κ2) is 5.76. The smallest absolute Gasteiger partial charge is 0.324 e. The summed E-state index contributed by atoms with van der Waals surface area (Å²) in [6, 6.07) is 4.92. The molecule has 1 aromatic carbocycles. The van der Waals surface area contributed by atoms with Gasteiger partial charge in [0.15, 0.2) is 0 Å². The predicted molar refractivity (Wildman–Crippen MR) is 78.4 cm³/mol. The Balaban J connectivity index is 1.89. The van der Waals surface area contributed by atoms with Gasteiger partial charge in [0.25, 0.3) is 0 Å². The van der Waals surface area contributed by atoms with Crippen LogP contribution >= 0.6 is 11.6 Å². The van der Waals surface area contributed by atoms with Crippen LogP contribution < -0.4 is 5.32 Å². The van der Waals surface area contributed by atoms with Crippen molar-refractivity contribution < 1.29 is 13.2 Å². The number of aryl methyl sites for hydroxylation is 1. The average Bonchev–Trinajstić information content (AvgIpc) is 2.47. The van der Waals surface area contributed by atoms with Crippen molar-refractivity contribution in [2.45, 2.75) is 31.9 Å². The number of aromatic nitrogens is 2. The molecule has 0 atom stereocenters. The van der Waals surface area contributed by atoms with Crippen LogP contribution in [-0.4, -0.2) is 9.97 Å². The molecule has 0 amide bonds. The van der Waals surface area contributed by atoms with E-state index in [-0.39, 0.29) is 11.6 Å². The zero-order valence-electron chi connectivity index (χ0n) is 11.5. The number of nitrogens with zero attached hydrogens (tertiary/aromatic N) is 2. The Morgan fingerprint density at radius 1 is 1.09 bits per heavy atom. The molecule has 0 fully saturated rings. The van der Waals surface area contributed by atoms with Crippen molar-refractivity contribution in [2.75, 3.05) is 5.32 Å². The fourth-order valence-electron chi connectivity index (χ4n) is 2.51. The maximum Gasteiger partial charge on any atom is 0.416 e. The molecule has 2 aromatic rings. The van der Waals surface area contributed by atoms with Crippen LogP contribution in [0.3, 0.4) is 0 Å². The number of hydrogen-bond donors (Lipinski definition) is 1. The second-order valence-corrected chi connectivity index (χ2v) is 5.53. The Labute approximate surface area is 130 Å². The molecule has 116 valence electrons. The number of alkyl halides is 3. The van der Waals surface area contributed by atoms with E-state index in [0.29, 0.717) is 5.15 Å². The van der Waals surface area contributed by atoms with Gasteiger partial charge in [0.05, 0.1) is 11.3 Å². The molecule has 3 nitrogen and oxygen atoms in total. The van der Waals surface area contributed by atoms with E-state index in [4.69, 9.17) is 11.6 Å². The molecular formula is C15H13ClF3N3. The van der Waals surface area contributed by atoms with Crippen molar-refractivity contribution in [3.63, 3.8) is 0 Å². The van der Waals surface area contributed by atoms with Gasteiger partial charge in [-0.05, 0) is 43.9 Å². The van der Waals surface area contributed by atoms with Gasteiger partial charge in [0.1, 0.15) is 5.15 Å². The fraction of sp³-hybridized carbons (Fsp3) is 0.333. The summed E-state index contributed by atoms with van der Waals surface area (Å²) in [4.78, 5) is 8.51. The van der Waals surface area contributed by atoms with Crippen molar-refractivity contribution in [3.05, 3.63) is 46.2 Å². The summed E-state index contributed by atoms with van der Waals surface area (Å²) in [5.41, 5.74) is 1.38. The van der Waals surface area contributed by atoms with Crippen LogP contribution in [0.2, 0.25) is 5.15 Å². The van der Waals surface area contributed by atoms with Crippen molar-refractivity contribution in [3.8, 4) is 0 Å². The highest BCUT2D eigenvalue weighted by molar-refractivity contribution is 6.30. The summed E-state index contributed by atoms with van der Waals surface area (Å²) in [5.74, 6) is 0.227. The number of rotatable bonds is 2. The lowest BCUT2D eigenvalue weighted by molar-refractivity contribution is -0.137. The highest BCUT2D eigenvalue weighted by atomic mass is 35.5. The van der Waals surface area contributed by atoms with Crippen LogP contribution in [0.25, 0.3) is 0 Å². The SMILES string of the molecule is FC(F)(F)c1cccc(Nc2nc(Cl)c3c(n2)CCCC3)c1. The first-order valence-electron chi connectivity index (χ1n) is 6.93. The summed E-state index contributed by atoms with van der Waals surface area (Å²) >= 11 is 6.15. The van der Waals surface area contributed by atoms with E-state index in [2.05, 4.69) is 15.3 Å². The second-order valence-electron chi connectivity index (χ2n) is 5.17. The van der Waals surface area contributed by atoms with Gasteiger partial charge in [0.2, 0.25) is 5.95 Å². The average molecular weight is 328 g/mol. The highest BCUT2D eigenvalue weighted by Gasteiger charge is 2.30. The van der Waals surface area contributed by atoms with E-state index in [1.165, 1.54) is 12.1 Å². The molecule has 0 bridgehead atoms. The summed E-state index contributed by atoms with van der Waals surface area (Å²) in [6.07, 6.45) is -0.640. The number of anilines is 2. The Morgan fingerprint density at radius 3 is 2.64 bits per heavy atom. The van der Waals surface area contributed by atoms with Gasteiger partial charge in [-0.25, -0.2) is 9.97 Å². The molecular weight excluding hydrogens is 315 g/mol. The Morgan fingerprint density at radius 2 is 1.86 bits per heavy atom. The van der Waals surface area contributed by atoms with Crippen LogP contribution in [-0.2, 0) is 19.0 Å². The lowest BCUT2D eigenvalue weighted by Crippen LogP contribution is -2.10. The van der Waals surface area contributed by atoms with Gasteiger partial charge in [-0.2, -0.15) is 13.2 Å². The molecule has 1 aromatic heterocycles. The lowest BCUT2D eigenvalue weighted by Gasteiger charge is -2.17. The van der Waals surface area contributed by atoms with E-state index in [9.17, 15) is 13.2 Å². The van der Waals surface area contributed by atoms with Gasteiger partial charge < -0.3 is 5.32 Å². The maximum atomic E-state index is 12.7. The molecule has 0 saturated carbocycles. The van der Waals surface area contributed by atoms with Gasteiger partial charge in [0, 0.05) is 11.3 Å². The summed E-state index contributed by atoms with van der Waals surface area (Å²) in [5, 5.41) is 3.17. The summed E-state index contributed by atoms with van der Waals surface area (Å²) in [6.45, 7) is 0. The molecule has 0 spiro atoms. The van der Waals surface area contributed by atoms with Crippen molar-refractivity contribution in [2.24, 2.45) is 0 Å². The molecule has 0 unspecified atom stereocenters. The van der Waals surface area contributed by atoms with E-state index in [1.54, 1.807) is 0 Å². The third kappa shape index (κ3) is 3.16. The first kappa shape index (κ1) is 15.1. The molecule has 1 aliphatic rings. The first-order valence-corrected chi connectivity index (χ1v) is 7.31. The molecule has 7 heteroatoms. The van der Waals surface area contributed by atoms with Crippen molar-refractivity contribution in [1.82, 2.24) is 9.97 Å². The number of fused-ring (bicyclic) bond motifs is 1. The van der Waals surface area contributed by atoms with E-state index in [1.807, 2.05) is 0 Å². The minimum absolute atomic E-state index is 0.227. The highest BCUT2D eigenvalue weighted by Crippen LogP contribution is 2.32. The molecule has 0 saturated heterocycles. The van der Waals surface area contributed by atoms with Crippen LogP contribution in [0.5, 0.6) is 0 Å². The Kier molecular flexibility index (Phi) is 3.95. The number of hydrogen-bond acceptors (Lipinski definition) is 3. The summed E-state index contributed by atoms with van der Waals surface area (Å²) in [7, 11) is 0. The zero-order chi connectivity index (χ0) is 15.7. The number of nitrogens with one attached hydrogen (secondary N) is 1. The van der Waals surface area contributed by atoms with E-state index < -0.39 is 11.7 Å². The molecule has 0 radical (unpaired) electrons. The molecule has 1 heterocycles. The number of benzene rings is 1. The molecule has 1 aliphatic carbocycles. The van der Waals surface area contributed by atoms with Gasteiger partial charge in [-0.1, -0.05) is 17.7 Å². The Hall–Kier alpha value is -1.82. The van der Waals surface area contributed by atoms with Crippen LogP contribution in [0.15, 0.2) is 24.3 Å². The van der Waals surface area contributed by atoms with Crippen molar-refractivity contribution >= 4 is 23.2 Å². The zero-order valence-corrected chi connectivity index (χ0v) is 12.3. The van der Waals surface area contributed by atoms with Crippen LogP contribution in [0.4, 0.5) is 24.8 Å². The minimum atomic E-state index is -4.38. The normalized spacial score (nSPS) is 14.5. The van der Waals surface area contributed by atoms with Crippen LogP contribution in [0, 0.1) is 0 Å². The first-order chi connectivity index (χ1) is 10.4. The largest absolute Gasteiger partial charge is 0.416 e. The minimum Gasteiger partial charge on any atom is -0.324 e. The summed E-state index contributed by atoms with van der Waals surface area (Å²) < 4.78 is 38.1. The van der Waals surface area contributed by atoms with Crippen molar-refractivity contribution in [1.29, 1.82) is 0 Å². The monoisotopic (exact) mass is 327 g/mol. The predicted octanol–water partition coefficient (Wildman–Crippen LogP) is 4.77. The van der Waals surface area contributed by atoms with Gasteiger partial charge in [-0.15, -0.1) is 0 Å². The van der Waals surface area contributed by atoms with Gasteiger partial charge in [-0.3, -0.25) is 0 Å². The topological polar surface area (TPSA) is 37.8 Å². The molecule has 1 N–H and O–H groups in total. The molecule has 0 aliphatic heterocycles.